The van der Waals surface area contributed by atoms with Crippen molar-refractivity contribution < 1.29 is 4.92 Å². The van der Waals surface area contributed by atoms with Crippen LogP contribution in [0.2, 0.25) is 5.02 Å². The van der Waals surface area contributed by atoms with Crippen LogP contribution < -0.4 is 5.43 Å². The van der Waals surface area contributed by atoms with E-state index >= 15 is 0 Å². The summed E-state index contributed by atoms with van der Waals surface area (Å²) in [6.07, 6.45) is 1.74. The number of non-ortho nitro benzene ring substituents is 1. The fourth-order valence-electron chi connectivity index (χ4n) is 2.17. The summed E-state index contributed by atoms with van der Waals surface area (Å²) in [5.74, 6) is 0. The van der Waals surface area contributed by atoms with Crippen LogP contribution in [0.15, 0.2) is 53.6 Å². The number of halogens is 1. The Kier molecular flexibility index (Phi) is 4.29. The molecule has 1 aliphatic rings. The van der Waals surface area contributed by atoms with Crippen molar-refractivity contribution in [3.05, 3.63) is 69.2 Å². The lowest BCUT2D eigenvalue weighted by molar-refractivity contribution is -0.384. The van der Waals surface area contributed by atoms with E-state index in [0.717, 1.165) is 17.8 Å². The molecule has 3 rings (SSSR count). The quantitative estimate of drug-likeness (QED) is 0.672. The van der Waals surface area contributed by atoms with Crippen molar-refractivity contribution in [2.24, 2.45) is 5.10 Å². The second-order valence-corrected chi connectivity index (χ2v) is 5.50. The van der Waals surface area contributed by atoms with Crippen LogP contribution in [-0.2, 0) is 6.54 Å². The first kappa shape index (κ1) is 15.1. The first-order valence-corrected chi connectivity index (χ1v) is 7.29. The summed E-state index contributed by atoms with van der Waals surface area (Å²) < 4.78 is 0. The van der Waals surface area contributed by atoms with Crippen LogP contribution >= 0.6 is 11.6 Å². The zero-order valence-electron chi connectivity index (χ0n) is 12.1. The van der Waals surface area contributed by atoms with Crippen molar-refractivity contribution >= 4 is 29.3 Å². The van der Waals surface area contributed by atoms with Gasteiger partial charge in [-0.05, 0) is 29.8 Å². The molecule has 0 amide bonds. The number of hydrazone groups is 1. The Hall–Kier alpha value is -2.80. The monoisotopic (exact) mass is 331 g/mol. The van der Waals surface area contributed by atoms with Gasteiger partial charge in [0.05, 0.1) is 10.6 Å². The van der Waals surface area contributed by atoms with Crippen LogP contribution in [0, 0.1) is 10.1 Å². The van der Waals surface area contributed by atoms with E-state index < -0.39 is 4.92 Å². The average Bonchev–Trinajstić information content (AvgIpc) is 2.97. The van der Waals surface area contributed by atoms with E-state index in [9.17, 15) is 10.1 Å². The van der Waals surface area contributed by atoms with Gasteiger partial charge in [0.2, 0.25) is 0 Å². The zero-order chi connectivity index (χ0) is 16.2. The highest BCUT2D eigenvalue weighted by Crippen LogP contribution is 2.17. The number of hydrogen-bond donors (Lipinski definition) is 1. The van der Waals surface area contributed by atoms with Crippen LogP contribution in [0.5, 0.6) is 0 Å². The SMILES string of the molecule is O=[N+]([O-])c1ccc(NN2CN(Cc3ccc(Cl)cc3)C=N2)cc1. The Labute approximate surface area is 137 Å². The molecule has 23 heavy (non-hydrogen) atoms. The van der Waals surface area contributed by atoms with Crippen molar-refractivity contribution in [1.82, 2.24) is 10.0 Å². The number of benzene rings is 2. The van der Waals surface area contributed by atoms with Gasteiger partial charge in [-0.25, -0.2) is 0 Å². The molecule has 7 nitrogen and oxygen atoms in total. The second-order valence-electron chi connectivity index (χ2n) is 5.06. The highest BCUT2D eigenvalue weighted by molar-refractivity contribution is 6.30. The molecule has 0 aliphatic carbocycles. The number of hydrogen-bond acceptors (Lipinski definition) is 6. The molecule has 1 heterocycles. The first-order valence-electron chi connectivity index (χ1n) is 6.91. The lowest BCUT2D eigenvalue weighted by atomic mass is 10.2. The zero-order valence-corrected chi connectivity index (χ0v) is 12.8. The predicted octanol–water partition coefficient (Wildman–Crippen LogP) is 3.29. The van der Waals surface area contributed by atoms with Gasteiger partial charge in [0.25, 0.3) is 5.69 Å². The van der Waals surface area contributed by atoms with E-state index in [0.29, 0.717) is 11.7 Å². The Balaban J connectivity index is 1.54. The van der Waals surface area contributed by atoms with Crippen molar-refractivity contribution in [3.63, 3.8) is 0 Å². The second kappa shape index (κ2) is 6.53. The average molecular weight is 332 g/mol. The standard InChI is InChI=1S/C15H14ClN5O2/c16-13-3-1-12(2-4-13)9-19-10-17-20(11-19)18-14-5-7-15(8-6-14)21(22)23/h1-8,10,18H,9,11H2. The van der Waals surface area contributed by atoms with E-state index in [2.05, 4.69) is 10.5 Å². The van der Waals surface area contributed by atoms with Gasteiger partial charge in [0.1, 0.15) is 13.0 Å². The summed E-state index contributed by atoms with van der Waals surface area (Å²) in [5, 5.41) is 17.3. The van der Waals surface area contributed by atoms with Gasteiger partial charge >= 0.3 is 0 Å². The third-order valence-electron chi connectivity index (χ3n) is 3.31. The summed E-state index contributed by atoms with van der Waals surface area (Å²) in [5.41, 5.74) is 5.02. The molecular formula is C15H14ClN5O2. The molecule has 0 saturated carbocycles. The maximum absolute atomic E-state index is 10.6. The smallest absolute Gasteiger partial charge is 0.269 e. The minimum Gasteiger partial charge on any atom is -0.336 e. The van der Waals surface area contributed by atoms with Gasteiger partial charge in [-0.2, -0.15) is 5.12 Å². The molecule has 1 N–H and O–H groups in total. The lowest BCUT2D eigenvalue weighted by Crippen LogP contribution is -2.30. The van der Waals surface area contributed by atoms with E-state index in [1.54, 1.807) is 23.6 Å². The largest absolute Gasteiger partial charge is 0.336 e. The van der Waals surface area contributed by atoms with Crippen LogP contribution in [-0.4, -0.2) is 27.9 Å². The summed E-state index contributed by atoms with van der Waals surface area (Å²) in [7, 11) is 0. The molecule has 0 saturated heterocycles. The molecule has 0 atom stereocenters. The molecule has 0 bridgehead atoms. The Morgan fingerprint density at radius 3 is 2.52 bits per heavy atom. The number of nitro benzene ring substituents is 1. The molecular weight excluding hydrogens is 318 g/mol. The fraction of sp³-hybridized carbons (Fsp3) is 0.133. The summed E-state index contributed by atoms with van der Waals surface area (Å²) >= 11 is 5.87. The molecule has 8 heteroatoms. The van der Waals surface area contributed by atoms with E-state index in [1.807, 2.05) is 29.2 Å². The third-order valence-corrected chi connectivity index (χ3v) is 3.56. The lowest BCUT2D eigenvalue weighted by Gasteiger charge is -2.20. The predicted molar refractivity (Wildman–Crippen MR) is 88.9 cm³/mol. The maximum atomic E-state index is 10.6. The van der Waals surface area contributed by atoms with Crippen molar-refractivity contribution in [3.8, 4) is 0 Å². The number of rotatable bonds is 5. The Morgan fingerprint density at radius 2 is 1.87 bits per heavy atom. The van der Waals surface area contributed by atoms with Crippen molar-refractivity contribution in [1.29, 1.82) is 0 Å². The minimum absolute atomic E-state index is 0.0600. The third kappa shape index (κ3) is 3.89. The van der Waals surface area contributed by atoms with Crippen LogP contribution in [0.25, 0.3) is 0 Å². The van der Waals surface area contributed by atoms with Gasteiger partial charge in [-0.3, -0.25) is 15.5 Å². The topological polar surface area (TPSA) is 74.0 Å². The molecule has 0 unspecified atom stereocenters. The molecule has 0 fully saturated rings. The highest BCUT2D eigenvalue weighted by Gasteiger charge is 2.14. The first-order chi connectivity index (χ1) is 11.1. The van der Waals surface area contributed by atoms with Crippen LogP contribution in [0.1, 0.15) is 5.56 Å². The number of anilines is 1. The van der Waals surface area contributed by atoms with Crippen LogP contribution in [0.3, 0.4) is 0 Å². The van der Waals surface area contributed by atoms with E-state index in [-0.39, 0.29) is 5.69 Å². The summed E-state index contributed by atoms with van der Waals surface area (Å²) in [6.45, 7) is 1.29. The molecule has 118 valence electrons. The van der Waals surface area contributed by atoms with E-state index in [4.69, 9.17) is 11.6 Å². The minimum atomic E-state index is -0.425. The number of nitrogens with zero attached hydrogens (tertiary/aromatic N) is 4. The van der Waals surface area contributed by atoms with Crippen molar-refractivity contribution in [2.45, 2.75) is 6.54 Å². The van der Waals surface area contributed by atoms with Gasteiger partial charge in [0, 0.05) is 23.7 Å². The number of nitrogens with one attached hydrogen (secondary N) is 1. The molecule has 0 spiro atoms. The summed E-state index contributed by atoms with van der Waals surface area (Å²) in [6, 6.07) is 13.9. The van der Waals surface area contributed by atoms with Gasteiger partial charge in [0.15, 0.2) is 0 Å². The maximum Gasteiger partial charge on any atom is 0.269 e. The summed E-state index contributed by atoms with van der Waals surface area (Å²) in [4.78, 5) is 12.2. The fourth-order valence-corrected chi connectivity index (χ4v) is 2.29. The van der Waals surface area contributed by atoms with Gasteiger partial charge in [-0.15, -0.1) is 5.10 Å². The van der Waals surface area contributed by atoms with Gasteiger partial charge < -0.3 is 4.90 Å². The Morgan fingerprint density at radius 1 is 1.17 bits per heavy atom. The van der Waals surface area contributed by atoms with Crippen LogP contribution in [0.4, 0.5) is 11.4 Å². The molecule has 0 aromatic heterocycles. The number of hydrazine groups is 1. The van der Waals surface area contributed by atoms with Gasteiger partial charge in [-0.1, -0.05) is 23.7 Å². The van der Waals surface area contributed by atoms with E-state index in [1.165, 1.54) is 12.1 Å². The highest BCUT2D eigenvalue weighted by atomic mass is 35.5. The molecule has 0 radical (unpaired) electrons. The number of nitro groups is 1. The molecule has 2 aromatic rings. The Bertz CT molecular complexity index is 718. The normalized spacial score (nSPS) is 13.4. The van der Waals surface area contributed by atoms with Crippen molar-refractivity contribution in [2.75, 3.05) is 12.1 Å². The molecule has 2 aromatic carbocycles. The molecule has 1 aliphatic heterocycles.